The summed E-state index contributed by atoms with van der Waals surface area (Å²) >= 11 is 0. The number of carbonyl (C=O) groups is 2. The van der Waals surface area contributed by atoms with Crippen molar-refractivity contribution in [3.8, 4) is 0 Å². The minimum Gasteiger partial charge on any atom is -0.481 e. The van der Waals surface area contributed by atoms with Gasteiger partial charge < -0.3 is 14.7 Å². The first-order valence-electron chi connectivity index (χ1n) is 5.54. The molecular weight excluding hydrogens is 229 g/mol. The SMILES string of the molecule is CC(C)(C)OC(=O)N1C[C@H](F)CC1CC(=O)O. The van der Waals surface area contributed by atoms with Crippen LogP contribution >= 0.6 is 0 Å². The molecule has 1 amide bonds. The molecule has 1 N–H and O–H groups in total. The summed E-state index contributed by atoms with van der Waals surface area (Å²) in [5.74, 6) is -1.04. The highest BCUT2D eigenvalue weighted by atomic mass is 19.1. The second-order valence-corrected chi connectivity index (χ2v) is 5.22. The van der Waals surface area contributed by atoms with Crippen LogP contribution in [0.25, 0.3) is 0 Å². The molecular formula is C11H18FNO4. The third-order valence-corrected chi connectivity index (χ3v) is 2.40. The maximum absolute atomic E-state index is 13.2. The third kappa shape index (κ3) is 4.20. The molecule has 0 aromatic heterocycles. The first kappa shape index (κ1) is 13.7. The molecule has 1 rings (SSSR count). The summed E-state index contributed by atoms with van der Waals surface area (Å²) in [6.07, 6.45) is -2.01. The summed E-state index contributed by atoms with van der Waals surface area (Å²) in [6, 6.07) is -0.614. The summed E-state index contributed by atoms with van der Waals surface area (Å²) in [5.41, 5.74) is -0.667. The van der Waals surface area contributed by atoms with Crippen molar-refractivity contribution < 1.29 is 23.8 Å². The zero-order chi connectivity index (χ0) is 13.2. The highest BCUT2D eigenvalue weighted by molar-refractivity contribution is 5.72. The molecule has 1 heterocycles. The van der Waals surface area contributed by atoms with Crippen molar-refractivity contribution in [2.24, 2.45) is 0 Å². The summed E-state index contributed by atoms with van der Waals surface area (Å²) in [6.45, 7) is 5.03. The van der Waals surface area contributed by atoms with Gasteiger partial charge in [-0.25, -0.2) is 9.18 Å². The van der Waals surface area contributed by atoms with Crippen molar-refractivity contribution in [2.45, 2.75) is 51.4 Å². The molecule has 1 saturated heterocycles. The van der Waals surface area contributed by atoms with Gasteiger partial charge in [0, 0.05) is 12.5 Å². The van der Waals surface area contributed by atoms with Crippen LogP contribution in [0.5, 0.6) is 0 Å². The minimum atomic E-state index is -1.17. The summed E-state index contributed by atoms with van der Waals surface area (Å²) in [5, 5.41) is 8.69. The topological polar surface area (TPSA) is 66.8 Å². The van der Waals surface area contributed by atoms with E-state index in [1.165, 1.54) is 4.90 Å². The number of hydrogen-bond donors (Lipinski definition) is 1. The van der Waals surface area contributed by atoms with Crippen LogP contribution in [0.2, 0.25) is 0 Å². The molecule has 0 aliphatic carbocycles. The number of ether oxygens (including phenoxy) is 1. The number of hydrogen-bond acceptors (Lipinski definition) is 3. The molecule has 1 aliphatic rings. The van der Waals surface area contributed by atoms with E-state index in [2.05, 4.69) is 0 Å². The molecule has 5 nitrogen and oxygen atoms in total. The fraction of sp³-hybridized carbons (Fsp3) is 0.818. The number of nitrogens with zero attached hydrogens (tertiary/aromatic N) is 1. The standard InChI is InChI=1S/C11H18FNO4/c1-11(2,3)17-10(16)13-6-7(12)4-8(13)5-9(14)15/h7-8H,4-6H2,1-3H3,(H,14,15)/t7-,8?/m1/s1. The Labute approximate surface area is 99.5 Å². The lowest BCUT2D eigenvalue weighted by Gasteiger charge is -2.27. The van der Waals surface area contributed by atoms with Crippen molar-refractivity contribution >= 4 is 12.1 Å². The minimum absolute atomic E-state index is 0.0611. The molecule has 6 heteroatoms. The Hall–Kier alpha value is -1.33. The molecule has 0 bridgehead atoms. The van der Waals surface area contributed by atoms with Crippen LogP contribution in [0.3, 0.4) is 0 Å². The average molecular weight is 247 g/mol. The lowest BCUT2D eigenvalue weighted by atomic mass is 10.1. The highest BCUT2D eigenvalue weighted by Crippen LogP contribution is 2.25. The van der Waals surface area contributed by atoms with Crippen LogP contribution < -0.4 is 0 Å². The Balaban J connectivity index is 2.66. The lowest BCUT2D eigenvalue weighted by Crippen LogP contribution is -2.40. The van der Waals surface area contributed by atoms with E-state index in [9.17, 15) is 14.0 Å². The van der Waals surface area contributed by atoms with E-state index in [0.717, 1.165) is 0 Å². The maximum Gasteiger partial charge on any atom is 0.410 e. The molecule has 1 fully saturated rings. The normalized spacial score (nSPS) is 24.8. The van der Waals surface area contributed by atoms with Gasteiger partial charge in [-0.3, -0.25) is 4.79 Å². The fourth-order valence-corrected chi connectivity index (χ4v) is 1.80. The molecule has 0 aromatic carbocycles. The lowest BCUT2D eigenvalue weighted by molar-refractivity contribution is -0.138. The number of likely N-dealkylation sites (tertiary alicyclic amines) is 1. The predicted octanol–water partition coefficient (Wildman–Crippen LogP) is 1.81. The third-order valence-electron chi connectivity index (χ3n) is 2.40. The Bertz CT molecular complexity index is 313. The summed E-state index contributed by atoms with van der Waals surface area (Å²) < 4.78 is 18.3. The van der Waals surface area contributed by atoms with E-state index in [0.29, 0.717) is 0 Å². The van der Waals surface area contributed by atoms with Gasteiger partial charge in [-0.1, -0.05) is 0 Å². The van der Waals surface area contributed by atoms with Crippen molar-refractivity contribution in [3.05, 3.63) is 0 Å². The van der Waals surface area contributed by atoms with E-state index in [1.807, 2.05) is 0 Å². The number of amides is 1. The van der Waals surface area contributed by atoms with Crippen molar-refractivity contribution in [1.82, 2.24) is 4.90 Å². The van der Waals surface area contributed by atoms with Crippen LogP contribution in [0.4, 0.5) is 9.18 Å². The van der Waals surface area contributed by atoms with E-state index >= 15 is 0 Å². The van der Waals surface area contributed by atoms with Crippen LogP contribution in [-0.2, 0) is 9.53 Å². The van der Waals surface area contributed by atoms with Crippen LogP contribution in [0.15, 0.2) is 0 Å². The fourth-order valence-electron chi connectivity index (χ4n) is 1.80. The van der Waals surface area contributed by atoms with Gasteiger partial charge in [0.25, 0.3) is 0 Å². The van der Waals surface area contributed by atoms with Crippen molar-refractivity contribution in [3.63, 3.8) is 0 Å². The Morgan fingerprint density at radius 3 is 2.53 bits per heavy atom. The second kappa shape index (κ2) is 4.89. The molecule has 98 valence electrons. The number of carboxylic acid groups (broad SMARTS) is 1. The number of alkyl halides is 1. The summed E-state index contributed by atoms with van der Waals surface area (Å²) in [7, 11) is 0. The van der Waals surface area contributed by atoms with Gasteiger partial charge in [0.1, 0.15) is 11.8 Å². The molecule has 1 unspecified atom stereocenters. The monoisotopic (exact) mass is 247 g/mol. The van der Waals surface area contributed by atoms with Crippen molar-refractivity contribution in [2.75, 3.05) is 6.54 Å². The quantitative estimate of drug-likeness (QED) is 0.808. The number of rotatable bonds is 2. The second-order valence-electron chi connectivity index (χ2n) is 5.22. The molecule has 2 atom stereocenters. The number of carboxylic acids is 1. The molecule has 0 aromatic rings. The van der Waals surface area contributed by atoms with Gasteiger partial charge >= 0.3 is 12.1 Å². The van der Waals surface area contributed by atoms with Gasteiger partial charge in [-0.2, -0.15) is 0 Å². The maximum atomic E-state index is 13.2. The summed E-state index contributed by atoms with van der Waals surface area (Å²) in [4.78, 5) is 23.5. The van der Waals surface area contributed by atoms with E-state index in [4.69, 9.17) is 9.84 Å². The van der Waals surface area contributed by atoms with E-state index in [1.54, 1.807) is 20.8 Å². The first-order chi connectivity index (χ1) is 7.69. The number of halogens is 1. The Kier molecular flexibility index (Phi) is 3.95. The van der Waals surface area contributed by atoms with E-state index in [-0.39, 0.29) is 19.4 Å². The van der Waals surface area contributed by atoms with Gasteiger partial charge in [-0.05, 0) is 20.8 Å². The molecule has 0 saturated carbocycles. The first-order valence-corrected chi connectivity index (χ1v) is 5.54. The largest absolute Gasteiger partial charge is 0.481 e. The highest BCUT2D eigenvalue weighted by Gasteiger charge is 2.38. The van der Waals surface area contributed by atoms with Gasteiger partial charge in [0.05, 0.1) is 13.0 Å². The average Bonchev–Trinajstić information content (AvgIpc) is 2.42. The van der Waals surface area contributed by atoms with Gasteiger partial charge in [-0.15, -0.1) is 0 Å². The Morgan fingerprint density at radius 1 is 1.47 bits per heavy atom. The van der Waals surface area contributed by atoms with Crippen LogP contribution in [0, 0.1) is 0 Å². The van der Waals surface area contributed by atoms with E-state index < -0.39 is 29.9 Å². The van der Waals surface area contributed by atoms with Crippen molar-refractivity contribution in [1.29, 1.82) is 0 Å². The van der Waals surface area contributed by atoms with Gasteiger partial charge in [0.2, 0.25) is 0 Å². The van der Waals surface area contributed by atoms with Gasteiger partial charge in [0.15, 0.2) is 0 Å². The number of carbonyl (C=O) groups excluding carboxylic acids is 1. The molecule has 0 radical (unpaired) electrons. The molecule has 17 heavy (non-hydrogen) atoms. The zero-order valence-electron chi connectivity index (χ0n) is 10.3. The molecule has 1 aliphatic heterocycles. The predicted molar refractivity (Wildman–Crippen MR) is 58.5 cm³/mol. The molecule has 0 spiro atoms. The van der Waals surface area contributed by atoms with Crippen LogP contribution in [0.1, 0.15) is 33.6 Å². The Morgan fingerprint density at radius 2 is 2.06 bits per heavy atom. The number of aliphatic carboxylic acids is 1. The van der Waals surface area contributed by atoms with Crippen LogP contribution in [-0.4, -0.2) is 46.4 Å². The zero-order valence-corrected chi connectivity index (χ0v) is 10.3. The smallest absolute Gasteiger partial charge is 0.410 e.